The quantitative estimate of drug-likeness (QED) is 0.451. The zero-order valence-electron chi connectivity index (χ0n) is 5.26. The van der Waals surface area contributed by atoms with E-state index in [4.69, 9.17) is 4.80 Å². The minimum absolute atomic E-state index is 0.0545. The summed E-state index contributed by atoms with van der Waals surface area (Å²) < 4.78 is 0. The number of hydrogen-bond acceptors (Lipinski definition) is 2. The Labute approximate surface area is 58.8 Å². The summed E-state index contributed by atoms with van der Waals surface area (Å²) in [6, 6.07) is 0.834. The molecule has 2 radical (unpaired) electrons. The second kappa shape index (κ2) is 4.41. The van der Waals surface area contributed by atoms with Gasteiger partial charge >= 0.3 is 0 Å². The third-order valence-corrected chi connectivity index (χ3v) is 2.81. The van der Waals surface area contributed by atoms with Crippen molar-refractivity contribution in [2.45, 2.75) is 25.1 Å². The van der Waals surface area contributed by atoms with Crippen LogP contribution in [0.2, 0.25) is 6.04 Å². The number of rotatable bonds is 3. The molecule has 48 valence electrons. The maximum absolute atomic E-state index is 8.46. The predicted molar refractivity (Wildman–Crippen MR) is 40.4 cm³/mol. The first kappa shape index (κ1) is 8.53. The van der Waals surface area contributed by atoms with E-state index >= 15 is 0 Å². The summed E-state index contributed by atoms with van der Waals surface area (Å²) in [5.41, 5.74) is 0. The molecule has 0 aliphatic carbocycles. The Balaban J connectivity index is 3.17. The Morgan fingerprint density at radius 3 is 2.25 bits per heavy atom. The second-order valence-electron chi connectivity index (χ2n) is 2.17. The first-order chi connectivity index (χ1) is 3.68. The molecule has 0 fully saturated rings. The van der Waals surface area contributed by atoms with E-state index < -0.39 is 0 Å². The average Bonchev–Trinajstić information content (AvgIpc) is 1.67. The molecule has 1 N–H and O–H groups in total. The van der Waals surface area contributed by atoms with Gasteiger partial charge in [-0.25, -0.2) is 0 Å². The van der Waals surface area contributed by atoms with E-state index in [0.29, 0.717) is 11.2 Å². The van der Waals surface area contributed by atoms with Gasteiger partial charge in [-0.2, -0.15) is 12.6 Å². The van der Waals surface area contributed by atoms with E-state index in [2.05, 4.69) is 26.5 Å². The highest BCUT2D eigenvalue weighted by Gasteiger charge is 2.06. The van der Waals surface area contributed by atoms with Gasteiger partial charge in [0, 0.05) is 5.25 Å². The summed E-state index contributed by atoms with van der Waals surface area (Å²) in [6.45, 7) is 4.22. The van der Waals surface area contributed by atoms with Crippen molar-refractivity contribution in [1.29, 1.82) is 0 Å². The smallest absolute Gasteiger partial charge is 0.225 e. The van der Waals surface area contributed by atoms with Crippen molar-refractivity contribution in [1.82, 2.24) is 0 Å². The molecule has 1 unspecified atom stereocenters. The Hall–Kier alpha value is 0.527. The van der Waals surface area contributed by atoms with Gasteiger partial charge < -0.3 is 4.80 Å². The largest absolute Gasteiger partial charge is 0.432 e. The molecule has 1 atom stereocenters. The van der Waals surface area contributed by atoms with Crippen LogP contribution < -0.4 is 0 Å². The highest BCUT2D eigenvalue weighted by Crippen LogP contribution is 2.11. The third kappa shape index (κ3) is 3.52. The van der Waals surface area contributed by atoms with Crippen LogP contribution in [0.25, 0.3) is 0 Å². The summed E-state index contributed by atoms with van der Waals surface area (Å²) in [4.78, 5) is 8.46. The van der Waals surface area contributed by atoms with Gasteiger partial charge in [-0.3, -0.25) is 0 Å². The molecule has 0 aliphatic rings. The van der Waals surface area contributed by atoms with E-state index in [0.717, 1.165) is 6.04 Å². The molecule has 0 spiro atoms. The SMILES string of the molecule is CC(C)C(S)C[Si]O. The van der Waals surface area contributed by atoms with Gasteiger partial charge in [-0.05, 0) is 12.0 Å². The highest BCUT2D eigenvalue weighted by molar-refractivity contribution is 7.81. The van der Waals surface area contributed by atoms with Crippen molar-refractivity contribution in [3.8, 4) is 0 Å². The molecule has 0 saturated heterocycles. The van der Waals surface area contributed by atoms with Crippen LogP contribution in [-0.2, 0) is 0 Å². The normalized spacial score (nSPS) is 14.6. The van der Waals surface area contributed by atoms with E-state index in [1.165, 1.54) is 0 Å². The summed E-state index contributed by atoms with van der Waals surface area (Å²) >= 11 is 4.25. The van der Waals surface area contributed by atoms with Gasteiger partial charge in [-0.15, -0.1) is 0 Å². The van der Waals surface area contributed by atoms with Crippen LogP contribution in [-0.4, -0.2) is 19.8 Å². The molecular formula is C5H12OSSi. The molecule has 0 bridgehead atoms. The van der Waals surface area contributed by atoms with Crippen LogP contribution in [0.15, 0.2) is 0 Å². The molecular weight excluding hydrogens is 136 g/mol. The molecule has 0 aromatic carbocycles. The molecule has 8 heavy (non-hydrogen) atoms. The van der Waals surface area contributed by atoms with Crippen LogP contribution >= 0.6 is 12.6 Å². The maximum Gasteiger partial charge on any atom is 0.225 e. The van der Waals surface area contributed by atoms with Gasteiger partial charge in [-0.1, -0.05) is 13.8 Å². The lowest BCUT2D eigenvalue weighted by Crippen LogP contribution is -2.09. The van der Waals surface area contributed by atoms with Gasteiger partial charge in [0.15, 0.2) is 0 Å². The minimum Gasteiger partial charge on any atom is -0.432 e. The van der Waals surface area contributed by atoms with Crippen LogP contribution in [0.4, 0.5) is 0 Å². The van der Waals surface area contributed by atoms with E-state index in [1.54, 1.807) is 0 Å². The fourth-order valence-corrected chi connectivity index (χ4v) is 1.23. The van der Waals surface area contributed by atoms with Crippen molar-refractivity contribution in [2.75, 3.05) is 0 Å². The fraction of sp³-hybridized carbons (Fsp3) is 1.00. The van der Waals surface area contributed by atoms with Crippen molar-refractivity contribution in [2.24, 2.45) is 5.92 Å². The molecule has 0 rings (SSSR count). The minimum atomic E-state index is 0.0545. The van der Waals surface area contributed by atoms with Gasteiger partial charge in [0.2, 0.25) is 9.76 Å². The first-order valence-corrected chi connectivity index (χ1v) is 4.40. The van der Waals surface area contributed by atoms with Crippen LogP contribution in [0, 0.1) is 5.92 Å². The summed E-state index contributed by atoms with van der Waals surface area (Å²) in [6.07, 6.45) is 0. The highest BCUT2D eigenvalue weighted by atomic mass is 32.1. The zero-order valence-corrected chi connectivity index (χ0v) is 7.15. The number of hydrogen-bond donors (Lipinski definition) is 2. The van der Waals surface area contributed by atoms with E-state index in [1.807, 2.05) is 0 Å². The lowest BCUT2D eigenvalue weighted by Gasteiger charge is -2.10. The summed E-state index contributed by atoms with van der Waals surface area (Å²) in [7, 11) is 0.0545. The van der Waals surface area contributed by atoms with E-state index in [9.17, 15) is 0 Å². The van der Waals surface area contributed by atoms with Gasteiger partial charge in [0.05, 0.1) is 0 Å². The number of thiol groups is 1. The van der Waals surface area contributed by atoms with Gasteiger partial charge in [0.25, 0.3) is 0 Å². The molecule has 0 aliphatic heterocycles. The van der Waals surface area contributed by atoms with Crippen molar-refractivity contribution in [3.05, 3.63) is 0 Å². The molecule has 0 heterocycles. The molecule has 3 heteroatoms. The lowest BCUT2D eigenvalue weighted by atomic mass is 10.1. The lowest BCUT2D eigenvalue weighted by molar-refractivity contribution is 0.575. The standard InChI is InChI=1S/C5H12OSSi/c1-4(2)5(7)3-8-6/h4-7H,3H2,1-2H3. The summed E-state index contributed by atoms with van der Waals surface area (Å²) in [5, 5.41) is 0.373. The third-order valence-electron chi connectivity index (χ3n) is 1.07. The van der Waals surface area contributed by atoms with Crippen molar-refractivity contribution >= 4 is 22.4 Å². The fourth-order valence-electron chi connectivity index (χ4n) is 0.329. The van der Waals surface area contributed by atoms with Crippen LogP contribution in [0.1, 0.15) is 13.8 Å². The Morgan fingerprint density at radius 2 is 2.12 bits per heavy atom. The maximum atomic E-state index is 8.46. The topological polar surface area (TPSA) is 20.2 Å². The zero-order chi connectivity index (χ0) is 6.57. The Kier molecular flexibility index (Phi) is 4.70. The molecule has 0 saturated carbocycles. The monoisotopic (exact) mass is 148 g/mol. The van der Waals surface area contributed by atoms with E-state index in [-0.39, 0.29) is 9.76 Å². The Morgan fingerprint density at radius 1 is 1.62 bits per heavy atom. The molecule has 0 aromatic heterocycles. The Bertz CT molecular complexity index is 58.4. The first-order valence-electron chi connectivity index (χ1n) is 2.73. The molecule has 1 nitrogen and oxygen atoms in total. The second-order valence-corrected chi connectivity index (χ2v) is 3.56. The average molecular weight is 148 g/mol. The molecule has 0 aromatic rings. The van der Waals surface area contributed by atoms with Crippen LogP contribution in [0.3, 0.4) is 0 Å². The van der Waals surface area contributed by atoms with Gasteiger partial charge in [0.1, 0.15) is 0 Å². The van der Waals surface area contributed by atoms with Crippen LogP contribution in [0.5, 0.6) is 0 Å². The van der Waals surface area contributed by atoms with Crippen molar-refractivity contribution in [3.63, 3.8) is 0 Å². The predicted octanol–water partition coefficient (Wildman–Crippen LogP) is 0.971. The molecule has 0 amide bonds. The van der Waals surface area contributed by atoms with Crippen molar-refractivity contribution < 1.29 is 4.80 Å². The summed E-state index contributed by atoms with van der Waals surface area (Å²) in [5.74, 6) is 0.581.